The maximum atomic E-state index is 13.5. The maximum absolute atomic E-state index is 13.5. The Hall–Kier alpha value is -2.61. The molecule has 3 aromatic rings. The normalized spacial score (nSPS) is 12.6. The molecule has 1 atom stereocenters. The third-order valence-electron chi connectivity index (χ3n) is 4.19. The highest BCUT2D eigenvalue weighted by atomic mass is 35.5. The Balaban J connectivity index is 2.25. The third-order valence-corrected chi connectivity index (χ3v) is 6.38. The highest BCUT2D eigenvalue weighted by Gasteiger charge is 2.34. The van der Waals surface area contributed by atoms with Crippen molar-refractivity contribution in [2.24, 2.45) is 0 Å². The summed E-state index contributed by atoms with van der Waals surface area (Å²) in [5.74, 6) is -0.862. The number of anilines is 1. The fourth-order valence-corrected chi connectivity index (χ4v) is 4.92. The zero-order chi connectivity index (χ0) is 19.6. The van der Waals surface area contributed by atoms with Gasteiger partial charge in [0.1, 0.15) is 6.04 Å². The third kappa shape index (κ3) is 3.62. The van der Waals surface area contributed by atoms with Crippen LogP contribution in [0.15, 0.2) is 71.6 Å². The van der Waals surface area contributed by atoms with Gasteiger partial charge >= 0.3 is 0 Å². The van der Waals surface area contributed by atoms with Crippen LogP contribution in [0.3, 0.4) is 0 Å². The lowest BCUT2D eigenvalue weighted by molar-refractivity contribution is -0.129. The van der Waals surface area contributed by atoms with Gasteiger partial charge in [-0.1, -0.05) is 54.1 Å². The van der Waals surface area contributed by atoms with E-state index in [0.29, 0.717) is 10.4 Å². The molecule has 2 N–H and O–H groups in total. The number of amides is 1. The van der Waals surface area contributed by atoms with E-state index in [0.717, 1.165) is 9.69 Å². The van der Waals surface area contributed by atoms with Gasteiger partial charge in [-0.05, 0) is 36.6 Å². The van der Waals surface area contributed by atoms with E-state index in [1.165, 1.54) is 30.6 Å². The lowest BCUT2D eigenvalue weighted by Crippen LogP contribution is -2.47. The number of nitrogens with one attached hydrogen (secondary N) is 1. The molecule has 0 aliphatic rings. The summed E-state index contributed by atoms with van der Waals surface area (Å²) < 4.78 is 28.0. The number of hydrogen-bond donors (Lipinski definition) is 2. The molecule has 0 saturated carbocycles. The molecule has 0 fully saturated rings. The van der Waals surface area contributed by atoms with Crippen molar-refractivity contribution in [1.29, 1.82) is 0 Å². The Bertz CT molecular complexity index is 1100. The number of carbonyl (C=O) groups excluding carboxylic acids is 1. The molecule has 0 bridgehead atoms. The number of sulfonamides is 1. The first-order chi connectivity index (χ1) is 12.9. The molecule has 0 saturated heterocycles. The fraction of sp³-hybridized carbons (Fsp3) is 0.105. The first kappa shape index (κ1) is 19.2. The van der Waals surface area contributed by atoms with Crippen LogP contribution in [0.5, 0.6) is 0 Å². The Kier molecular flexibility index (Phi) is 5.36. The molecule has 0 aliphatic carbocycles. The Morgan fingerprint density at radius 3 is 2.44 bits per heavy atom. The lowest BCUT2D eigenvalue weighted by atomic mass is 10.1. The van der Waals surface area contributed by atoms with E-state index in [1.807, 2.05) is 18.2 Å². The average molecular weight is 405 g/mol. The van der Waals surface area contributed by atoms with Crippen LogP contribution >= 0.6 is 11.6 Å². The van der Waals surface area contributed by atoms with Crippen LogP contribution in [0.1, 0.15) is 6.92 Å². The highest BCUT2D eigenvalue weighted by molar-refractivity contribution is 7.93. The fourth-order valence-electron chi connectivity index (χ4n) is 2.91. The molecule has 8 heteroatoms. The van der Waals surface area contributed by atoms with E-state index in [-0.39, 0.29) is 10.6 Å². The lowest BCUT2D eigenvalue weighted by Gasteiger charge is -2.29. The summed E-state index contributed by atoms with van der Waals surface area (Å²) >= 11 is 6.03. The van der Waals surface area contributed by atoms with Crippen molar-refractivity contribution < 1.29 is 18.4 Å². The average Bonchev–Trinajstić information content (AvgIpc) is 2.66. The monoisotopic (exact) mass is 404 g/mol. The minimum Gasteiger partial charge on any atom is -0.289 e. The van der Waals surface area contributed by atoms with Gasteiger partial charge in [-0.15, -0.1) is 0 Å². The van der Waals surface area contributed by atoms with Crippen LogP contribution in [0.25, 0.3) is 10.8 Å². The number of benzene rings is 3. The van der Waals surface area contributed by atoms with Crippen molar-refractivity contribution in [2.75, 3.05) is 4.31 Å². The number of fused-ring (bicyclic) bond motifs is 1. The van der Waals surface area contributed by atoms with Gasteiger partial charge < -0.3 is 0 Å². The van der Waals surface area contributed by atoms with Gasteiger partial charge in [0.15, 0.2) is 0 Å². The molecule has 1 amide bonds. The van der Waals surface area contributed by atoms with Gasteiger partial charge in [0.05, 0.1) is 10.6 Å². The molecule has 0 heterocycles. The second-order valence-corrected chi connectivity index (χ2v) is 8.13. The smallest absolute Gasteiger partial charge is 0.266 e. The molecule has 3 rings (SSSR count). The first-order valence-electron chi connectivity index (χ1n) is 8.08. The maximum Gasteiger partial charge on any atom is 0.266 e. The van der Waals surface area contributed by atoms with Crippen molar-refractivity contribution >= 4 is 44.0 Å². The van der Waals surface area contributed by atoms with E-state index in [9.17, 15) is 13.2 Å². The van der Waals surface area contributed by atoms with Crippen LogP contribution in [0.2, 0.25) is 5.02 Å². The highest BCUT2D eigenvalue weighted by Crippen LogP contribution is 2.31. The molecular formula is C19H17ClN2O4S. The van der Waals surface area contributed by atoms with Gasteiger partial charge in [0, 0.05) is 10.4 Å². The predicted molar refractivity (Wildman–Crippen MR) is 104 cm³/mol. The van der Waals surface area contributed by atoms with E-state index in [1.54, 1.807) is 30.3 Å². The summed E-state index contributed by atoms with van der Waals surface area (Å²) in [6, 6.07) is 17.0. The standard InChI is InChI=1S/C19H17ClN2O4S/c1-13(19(23)21-24)22(16-9-5-8-15(20)12-16)27(25,26)18-11-4-7-14-6-2-3-10-17(14)18/h2-13,24H,1H3,(H,21,23). The Morgan fingerprint density at radius 2 is 1.74 bits per heavy atom. The quantitative estimate of drug-likeness (QED) is 0.502. The number of rotatable bonds is 5. The van der Waals surface area contributed by atoms with E-state index < -0.39 is 22.0 Å². The van der Waals surface area contributed by atoms with E-state index in [2.05, 4.69) is 0 Å². The van der Waals surface area contributed by atoms with Crippen molar-refractivity contribution in [2.45, 2.75) is 17.9 Å². The molecule has 0 radical (unpaired) electrons. The molecule has 0 aliphatic heterocycles. The van der Waals surface area contributed by atoms with Crippen molar-refractivity contribution in [3.63, 3.8) is 0 Å². The van der Waals surface area contributed by atoms with Gasteiger partial charge in [-0.2, -0.15) is 0 Å². The molecule has 6 nitrogen and oxygen atoms in total. The zero-order valence-corrected chi connectivity index (χ0v) is 15.9. The molecule has 27 heavy (non-hydrogen) atoms. The number of carbonyl (C=O) groups is 1. The SMILES string of the molecule is CC(C(=O)NO)N(c1cccc(Cl)c1)S(=O)(=O)c1cccc2ccccc12. The summed E-state index contributed by atoms with van der Waals surface area (Å²) in [7, 11) is -4.15. The minimum absolute atomic E-state index is 0.0539. The molecule has 140 valence electrons. The number of hydroxylamine groups is 1. The van der Waals surface area contributed by atoms with Crippen LogP contribution < -0.4 is 9.79 Å². The van der Waals surface area contributed by atoms with Crippen LogP contribution in [-0.4, -0.2) is 25.6 Å². The van der Waals surface area contributed by atoms with Crippen LogP contribution in [0.4, 0.5) is 5.69 Å². The summed E-state index contributed by atoms with van der Waals surface area (Å²) in [5.41, 5.74) is 1.73. The van der Waals surface area contributed by atoms with Gasteiger partial charge in [-0.25, -0.2) is 13.9 Å². The Morgan fingerprint density at radius 1 is 1.07 bits per heavy atom. The zero-order valence-electron chi connectivity index (χ0n) is 14.3. The molecule has 0 spiro atoms. The van der Waals surface area contributed by atoms with Crippen LogP contribution in [0, 0.1) is 0 Å². The number of nitrogens with zero attached hydrogens (tertiary/aromatic N) is 1. The first-order valence-corrected chi connectivity index (χ1v) is 9.90. The van der Waals surface area contributed by atoms with E-state index >= 15 is 0 Å². The molecule has 3 aromatic carbocycles. The summed E-state index contributed by atoms with van der Waals surface area (Å²) in [6.07, 6.45) is 0. The van der Waals surface area contributed by atoms with Gasteiger partial charge in [0.25, 0.3) is 15.9 Å². The summed E-state index contributed by atoms with van der Waals surface area (Å²) in [5, 5.41) is 10.6. The van der Waals surface area contributed by atoms with Gasteiger partial charge in [0.2, 0.25) is 0 Å². The minimum atomic E-state index is -4.15. The summed E-state index contributed by atoms with van der Waals surface area (Å²) in [4.78, 5) is 12.1. The van der Waals surface area contributed by atoms with Crippen LogP contribution in [-0.2, 0) is 14.8 Å². The van der Waals surface area contributed by atoms with Gasteiger partial charge in [-0.3, -0.25) is 14.3 Å². The number of hydrogen-bond acceptors (Lipinski definition) is 4. The topological polar surface area (TPSA) is 86.7 Å². The second-order valence-electron chi connectivity index (χ2n) is 5.91. The largest absolute Gasteiger partial charge is 0.289 e. The van der Waals surface area contributed by atoms with Crippen molar-refractivity contribution in [3.8, 4) is 0 Å². The predicted octanol–water partition coefficient (Wildman–Crippen LogP) is 3.58. The second kappa shape index (κ2) is 7.56. The molecule has 1 unspecified atom stereocenters. The molecule has 0 aromatic heterocycles. The summed E-state index contributed by atoms with van der Waals surface area (Å²) in [6.45, 7) is 1.38. The number of halogens is 1. The van der Waals surface area contributed by atoms with Crippen molar-refractivity contribution in [3.05, 3.63) is 71.8 Å². The Labute approximate surface area is 162 Å². The van der Waals surface area contributed by atoms with Crippen molar-refractivity contribution in [1.82, 2.24) is 5.48 Å². The molecular weight excluding hydrogens is 388 g/mol. The van der Waals surface area contributed by atoms with E-state index in [4.69, 9.17) is 16.8 Å².